The Bertz CT molecular complexity index is 1520. The smallest absolute Gasteiger partial charge is 0.305 e. The maximum Gasteiger partial charge on any atom is 0.305 e. The quantitative estimate of drug-likeness (QED) is 0.0205. The predicted octanol–water partition coefficient (Wildman–Crippen LogP) is 16.7. The number of rotatable bonds is 57. The summed E-state index contributed by atoms with van der Waals surface area (Å²) in [6, 6.07) is 0. The summed E-state index contributed by atoms with van der Waals surface area (Å²) in [5.74, 6) is -1.61. The van der Waals surface area contributed by atoms with Crippen LogP contribution >= 0.6 is 0 Å². The average Bonchev–Trinajstić information content (AvgIpc) is 3.41. The predicted molar refractivity (Wildman–Crippen MR) is 325 cm³/mol. The van der Waals surface area contributed by atoms with E-state index >= 15 is 0 Å². The third kappa shape index (κ3) is 54.4. The summed E-state index contributed by atoms with van der Waals surface area (Å²) in [6.45, 7) is 6.48. The maximum atomic E-state index is 13.3. The molecule has 1 N–H and O–H groups in total. The van der Waals surface area contributed by atoms with Crippen molar-refractivity contribution in [1.82, 2.24) is 10.2 Å². The van der Waals surface area contributed by atoms with Crippen LogP contribution in [0.5, 0.6) is 0 Å². The molecule has 0 fully saturated rings. The molecule has 77 heavy (non-hydrogen) atoms. The van der Waals surface area contributed by atoms with Crippen molar-refractivity contribution >= 4 is 28.0 Å². The second-order valence-electron chi connectivity index (χ2n) is 21.4. The molecule has 0 aliphatic rings. The Morgan fingerprint density at radius 3 is 1.03 bits per heavy atom. The van der Waals surface area contributed by atoms with Gasteiger partial charge in [-0.1, -0.05) is 190 Å². The minimum Gasteiger partial charge on any atom is -0.463 e. The van der Waals surface area contributed by atoms with Gasteiger partial charge in [0.05, 0.1) is 12.4 Å². The normalized spacial score (nSPS) is 12.6. The number of allylic oxidation sites excluding steroid dienone is 12. The van der Waals surface area contributed by atoms with Gasteiger partial charge in [-0.25, -0.2) is 0 Å². The highest BCUT2D eigenvalue weighted by atomic mass is 32.2. The van der Waals surface area contributed by atoms with Gasteiger partial charge in [0.25, 0.3) is 10.1 Å². The zero-order valence-corrected chi connectivity index (χ0v) is 50.9. The molecule has 11 nitrogen and oxygen atoms in total. The van der Waals surface area contributed by atoms with Crippen molar-refractivity contribution in [3.8, 4) is 0 Å². The Hall–Kier alpha value is -3.32. The first-order chi connectivity index (χ1) is 37.5. The van der Waals surface area contributed by atoms with Gasteiger partial charge in [0.2, 0.25) is 0 Å². The van der Waals surface area contributed by atoms with Gasteiger partial charge in [-0.3, -0.25) is 18.6 Å². The van der Waals surface area contributed by atoms with Crippen LogP contribution in [0.15, 0.2) is 72.9 Å². The van der Waals surface area contributed by atoms with Crippen LogP contribution in [-0.4, -0.2) is 96.1 Å². The lowest BCUT2D eigenvalue weighted by atomic mass is 10.0. The first kappa shape index (κ1) is 73.7. The van der Waals surface area contributed by atoms with Crippen molar-refractivity contribution in [2.45, 2.75) is 264 Å². The van der Waals surface area contributed by atoms with Crippen LogP contribution in [0.1, 0.15) is 258 Å². The molecule has 0 radical (unpaired) electrons. The lowest BCUT2D eigenvalue weighted by Crippen LogP contribution is -2.58. The van der Waals surface area contributed by atoms with E-state index in [-0.39, 0.29) is 58.0 Å². The van der Waals surface area contributed by atoms with Crippen LogP contribution in [0, 0.1) is 0 Å². The SMILES string of the molecule is CCCCC/C=C\C/C=C\CCCCCCCC(=O)OCC(COC(=O)CCCCCCC/C=C\C/C=C\CCCCC)(COC(=O)CCCCCCC/C=C\C/C=C\CCCCC)NCCS(=O)(=O)OCCCN(C)C. The van der Waals surface area contributed by atoms with E-state index < -0.39 is 33.6 Å². The highest BCUT2D eigenvalue weighted by molar-refractivity contribution is 7.86. The van der Waals surface area contributed by atoms with Crippen molar-refractivity contribution < 1.29 is 41.2 Å². The van der Waals surface area contributed by atoms with Crippen molar-refractivity contribution in [2.24, 2.45) is 0 Å². The lowest BCUT2D eigenvalue weighted by molar-refractivity contribution is -0.157. The molecule has 0 rings (SSSR count). The highest BCUT2D eigenvalue weighted by Gasteiger charge is 2.36. The van der Waals surface area contributed by atoms with Crippen molar-refractivity contribution in [2.75, 3.05) is 59.4 Å². The van der Waals surface area contributed by atoms with Crippen molar-refractivity contribution in [3.05, 3.63) is 72.9 Å². The van der Waals surface area contributed by atoms with Gasteiger partial charge in [-0.15, -0.1) is 0 Å². The number of carbonyl (C=O) groups excluding carboxylic acids is 3. The van der Waals surface area contributed by atoms with E-state index in [1.165, 1.54) is 57.8 Å². The van der Waals surface area contributed by atoms with Crippen LogP contribution < -0.4 is 5.32 Å². The summed E-state index contributed by atoms with van der Waals surface area (Å²) < 4.78 is 48.8. The van der Waals surface area contributed by atoms with Crippen LogP contribution in [0.2, 0.25) is 0 Å². The third-order valence-electron chi connectivity index (χ3n) is 13.4. The van der Waals surface area contributed by atoms with E-state index in [4.69, 9.17) is 18.4 Å². The molecular formula is C65H116N2O9S. The molecule has 0 amide bonds. The summed E-state index contributed by atoms with van der Waals surface area (Å²) in [5.41, 5.74) is -1.38. The fourth-order valence-corrected chi connectivity index (χ4v) is 9.30. The fourth-order valence-electron chi connectivity index (χ4n) is 8.46. The average molecular weight is 1100 g/mol. The molecule has 0 aromatic carbocycles. The van der Waals surface area contributed by atoms with E-state index in [9.17, 15) is 22.8 Å². The molecule has 12 heteroatoms. The van der Waals surface area contributed by atoms with E-state index in [1.54, 1.807) is 0 Å². The highest BCUT2D eigenvalue weighted by Crippen LogP contribution is 2.17. The number of nitrogens with zero attached hydrogens (tertiary/aromatic N) is 1. The van der Waals surface area contributed by atoms with E-state index in [1.807, 2.05) is 19.0 Å². The van der Waals surface area contributed by atoms with Crippen LogP contribution in [0.25, 0.3) is 0 Å². The molecule has 0 bridgehead atoms. The molecule has 0 aliphatic heterocycles. The molecule has 0 spiro atoms. The van der Waals surface area contributed by atoms with Crippen molar-refractivity contribution in [3.63, 3.8) is 0 Å². The van der Waals surface area contributed by atoms with E-state index in [0.717, 1.165) is 135 Å². The first-order valence-corrected chi connectivity index (χ1v) is 32.7. The van der Waals surface area contributed by atoms with E-state index in [2.05, 4.69) is 99.0 Å². The molecular weight excluding hydrogens is 985 g/mol. The maximum absolute atomic E-state index is 13.3. The lowest BCUT2D eigenvalue weighted by Gasteiger charge is -2.33. The molecule has 0 aromatic rings. The number of carbonyl (C=O) groups is 3. The number of nitrogens with one attached hydrogen (secondary N) is 1. The molecule has 0 saturated heterocycles. The zero-order chi connectivity index (χ0) is 56.4. The summed E-state index contributed by atoms with van der Waals surface area (Å²) in [5, 5.41) is 3.20. The minimum absolute atomic E-state index is 0.0506. The Balaban J connectivity index is 5.52. The van der Waals surface area contributed by atoms with Gasteiger partial charge < -0.3 is 24.4 Å². The Labute approximate surface area is 473 Å². The topological polar surface area (TPSA) is 138 Å². The zero-order valence-electron chi connectivity index (χ0n) is 50.1. The third-order valence-corrected chi connectivity index (χ3v) is 14.6. The summed E-state index contributed by atoms with van der Waals surface area (Å²) in [7, 11) is -0.0941. The monoisotopic (exact) mass is 1100 g/mol. The van der Waals surface area contributed by atoms with Gasteiger partial charge >= 0.3 is 17.9 Å². The molecule has 0 saturated carbocycles. The standard InChI is InChI=1S/C65H116N2O9S/c1-6-9-12-15-18-21-24-27-30-33-36-39-42-45-48-52-62(68)73-59-65(66-55-58-77(71,72)76-57-51-56-67(4)5,60-74-63(69)53-49-46-43-40-37-34-31-28-25-22-19-16-13-10-7-2)61-75-64(70)54-50-47-44-41-38-35-32-29-26-23-20-17-14-11-8-3/h18-23,27-32,66H,6-17,24-26,33-61H2,1-5H3/b21-18-,22-19-,23-20-,30-27-,31-28-,32-29-. The Morgan fingerprint density at radius 1 is 0.416 bits per heavy atom. The van der Waals surface area contributed by atoms with Crippen LogP contribution in [0.4, 0.5) is 0 Å². The van der Waals surface area contributed by atoms with Gasteiger partial charge in [0.15, 0.2) is 0 Å². The molecule has 0 aromatic heterocycles. The summed E-state index contributed by atoms with van der Waals surface area (Å²) in [6.07, 6.45) is 63.6. The number of ether oxygens (including phenoxy) is 3. The second-order valence-corrected chi connectivity index (χ2v) is 23.1. The van der Waals surface area contributed by atoms with Crippen LogP contribution in [0.3, 0.4) is 0 Å². The summed E-state index contributed by atoms with van der Waals surface area (Å²) in [4.78, 5) is 41.7. The van der Waals surface area contributed by atoms with Gasteiger partial charge in [0.1, 0.15) is 25.4 Å². The van der Waals surface area contributed by atoms with Gasteiger partial charge in [0, 0.05) is 25.8 Å². The fraction of sp³-hybridized carbons (Fsp3) is 0.769. The summed E-state index contributed by atoms with van der Waals surface area (Å²) >= 11 is 0. The second kappa shape index (κ2) is 56.0. The van der Waals surface area contributed by atoms with Crippen LogP contribution in [-0.2, 0) is 42.9 Å². The molecule has 0 atom stereocenters. The molecule has 446 valence electrons. The number of esters is 3. The Morgan fingerprint density at radius 2 is 0.714 bits per heavy atom. The number of hydrogen-bond acceptors (Lipinski definition) is 11. The minimum atomic E-state index is -3.92. The first-order valence-electron chi connectivity index (χ1n) is 31.1. The van der Waals surface area contributed by atoms with Gasteiger partial charge in [-0.05, 0) is 143 Å². The Kier molecular flexibility index (Phi) is 53.6. The van der Waals surface area contributed by atoms with Crippen molar-refractivity contribution in [1.29, 1.82) is 0 Å². The largest absolute Gasteiger partial charge is 0.463 e. The molecule has 0 aliphatic carbocycles. The van der Waals surface area contributed by atoms with E-state index in [0.29, 0.717) is 32.2 Å². The number of unbranched alkanes of at least 4 members (excludes halogenated alkanes) is 24. The molecule has 0 unspecified atom stereocenters. The molecule has 0 heterocycles. The van der Waals surface area contributed by atoms with Gasteiger partial charge in [-0.2, -0.15) is 8.42 Å². The number of hydrogen-bond donors (Lipinski definition) is 1.